The van der Waals surface area contributed by atoms with Gasteiger partial charge in [-0.15, -0.1) is 0 Å². The second-order valence-corrected chi connectivity index (χ2v) is 3.85. The molecule has 0 amide bonds. The largest absolute Gasteiger partial charge is 0.351 e. The lowest BCUT2D eigenvalue weighted by molar-refractivity contribution is 0.146. The van der Waals surface area contributed by atoms with Gasteiger partial charge in [-0.25, -0.2) is 18.7 Å². The molecule has 88 valence electrons. The zero-order chi connectivity index (χ0) is 11.5. The van der Waals surface area contributed by atoms with Crippen molar-refractivity contribution in [3.8, 4) is 0 Å². The number of rotatable bonds is 2. The predicted octanol–water partition coefficient (Wildman–Crippen LogP) is 1.21. The fourth-order valence-corrected chi connectivity index (χ4v) is 1.82. The van der Waals surface area contributed by atoms with E-state index in [-0.39, 0.29) is 11.7 Å². The predicted molar refractivity (Wildman–Crippen MR) is 56.7 cm³/mol. The second-order valence-electron chi connectivity index (χ2n) is 3.85. The van der Waals surface area contributed by atoms with Gasteiger partial charge in [-0.1, -0.05) is 0 Å². The fraction of sp³-hybridized carbons (Fsp3) is 0.600. The quantitative estimate of drug-likeness (QED) is 0.826. The van der Waals surface area contributed by atoms with Crippen molar-refractivity contribution >= 4 is 5.82 Å². The molecule has 0 aromatic carbocycles. The Morgan fingerprint density at radius 3 is 3.00 bits per heavy atom. The SMILES string of the molecule is C[C@@H]1CNCCN1c1cc(C(F)F)ncn1. The summed E-state index contributed by atoms with van der Waals surface area (Å²) in [6, 6.07) is 1.63. The third-order valence-corrected chi connectivity index (χ3v) is 2.69. The molecule has 2 heterocycles. The summed E-state index contributed by atoms with van der Waals surface area (Å²) in [7, 11) is 0. The van der Waals surface area contributed by atoms with Crippen LogP contribution in [0.4, 0.5) is 14.6 Å². The minimum atomic E-state index is -2.54. The molecule has 1 saturated heterocycles. The van der Waals surface area contributed by atoms with E-state index in [4.69, 9.17) is 0 Å². The first-order chi connectivity index (χ1) is 7.68. The van der Waals surface area contributed by atoms with Gasteiger partial charge in [-0.3, -0.25) is 0 Å². The molecular weight excluding hydrogens is 214 g/mol. The van der Waals surface area contributed by atoms with Crippen molar-refractivity contribution in [2.45, 2.75) is 19.4 Å². The van der Waals surface area contributed by atoms with Crippen molar-refractivity contribution in [1.29, 1.82) is 0 Å². The summed E-state index contributed by atoms with van der Waals surface area (Å²) in [5.74, 6) is 0.583. The van der Waals surface area contributed by atoms with Crippen LogP contribution in [0.5, 0.6) is 0 Å². The minimum absolute atomic E-state index is 0.212. The van der Waals surface area contributed by atoms with Crippen LogP contribution in [0, 0.1) is 0 Å². The number of anilines is 1. The molecule has 6 heteroatoms. The molecule has 0 saturated carbocycles. The summed E-state index contributed by atoms with van der Waals surface area (Å²) >= 11 is 0. The molecule has 0 aliphatic carbocycles. The van der Waals surface area contributed by atoms with Crippen LogP contribution in [0.25, 0.3) is 0 Å². The first-order valence-electron chi connectivity index (χ1n) is 5.26. The van der Waals surface area contributed by atoms with E-state index >= 15 is 0 Å². The Labute approximate surface area is 92.7 Å². The molecule has 1 aliphatic rings. The second kappa shape index (κ2) is 4.69. The number of alkyl halides is 2. The molecule has 0 radical (unpaired) electrons. The third-order valence-electron chi connectivity index (χ3n) is 2.69. The van der Waals surface area contributed by atoms with Crippen LogP contribution in [0.1, 0.15) is 19.0 Å². The molecule has 0 unspecified atom stereocenters. The van der Waals surface area contributed by atoms with Crippen LogP contribution in [0.2, 0.25) is 0 Å². The van der Waals surface area contributed by atoms with Crippen LogP contribution < -0.4 is 10.2 Å². The molecule has 4 nitrogen and oxygen atoms in total. The smallest absolute Gasteiger partial charge is 0.280 e. The fourth-order valence-electron chi connectivity index (χ4n) is 1.82. The summed E-state index contributed by atoms with van der Waals surface area (Å²) < 4.78 is 25.0. The van der Waals surface area contributed by atoms with Gasteiger partial charge in [0.1, 0.15) is 17.8 Å². The van der Waals surface area contributed by atoms with E-state index in [0.717, 1.165) is 19.6 Å². The number of piperazine rings is 1. The lowest BCUT2D eigenvalue weighted by atomic mass is 10.2. The van der Waals surface area contributed by atoms with Gasteiger partial charge in [0.05, 0.1) is 0 Å². The van der Waals surface area contributed by atoms with Gasteiger partial charge in [0.25, 0.3) is 6.43 Å². The zero-order valence-electron chi connectivity index (χ0n) is 9.03. The Hall–Kier alpha value is -1.30. The van der Waals surface area contributed by atoms with E-state index in [1.54, 1.807) is 0 Å². The number of nitrogens with one attached hydrogen (secondary N) is 1. The Kier molecular flexibility index (Phi) is 3.28. The molecular formula is C10H14F2N4. The van der Waals surface area contributed by atoms with Gasteiger partial charge in [-0.2, -0.15) is 0 Å². The monoisotopic (exact) mass is 228 g/mol. The lowest BCUT2D eigenvalue weighted by Crippen LogP contribution is -2.50. The molecule has 1 aromatic rings. The average molecular weight is 228 g/mol. The molecule has 1 N–H and O–H groups in total. The van der Waals surface area contributed by atoms with Gasteiger partial charge in [-0.05, 0) is 6.92 Å². The van der Waals surface area contributed by atoms with Crippen molar-refractivity contribution in [2.24, 2.45) is 0 Å². The summed E-state index contributed by atoms with van der Waals surface area (Å²) in [6.45, 7) is 4.50. The third kappa shape index (κ3) is 2.27. The molecule has 2 rings (SSSR count). The van der Waals surface area contributed by atoms with Gasteiger partial charge in [0, 0.05) is 31.7 Å². The number of nitrogens with zero attached hydrogens (tertiary/aromatic N) is 3. The Morgan fingerprint density at radius 2 is 2.31 bits per heavy atom. The number of halogens is 2. The molecule has 1 aromatic heterocycles. The Balaban J connectivity index is 2.21. The van der Waals surface area contributed by atoms with E-state index in [9.17, 15) is 8.78 Å². The van der Waals surface area contributed by atoms with E-state index in [2.05, 4.69) is 15.3 Å². The first kappa shape index (κ1) is 11.2. The van der Waals surface area contributed by atoms with Crippen molar-refractivity contribution in [1.82, 2.24) is 15.3 Å². The van der Waals surface area contributed by atoms with Crippen LogP contribution in [-0.4, -0.2) is 35.6 Å². The van der Waals surface area contributed by atoms with E-state index < -0.39 is 6.43 Å². The average Bonchev–Trinajstić information content (AvgIpc) is 2.30. The Bertz CT molecular complexity index is 358. The summed E-state index contributed by atoms with van der Waals surface area (Å²) in [4.78, 5) is 9.62. The van der Waals surface area contributed by atoms with E-state index in [1.165, 1.54) is 12.4 Å². The summed E-state index contributed by atoms with van der Waals surface area (Å²) in [5.41, 5.74) is -0.212. The highest BCUT2D eigenvalue weighted by Crippen LogP contribution is 2.21. The summed E-state index contributed by atoms with van der Waals surface area (Å²) in [6.07, 6.45) is -1.34. The maximum absolute atomic E-state index is 12.5. The van der Waals surface area contributed by atoms with Crippen LogP contribution in [-0.2, 0) is 0 Å². The molecule has 0 spiro atoms. The van der Waals surface area contributed by atoms with Gasteiger partial charge < -0.3 is 10.2 Å². The number of aromatic nitrogens is 2. The van der Waals surface area contributed by atoms with Crippen LogP contribution in [0.15, 0.2) is 12.4 Å². The van der Waals surface area contributed by atoms with E-state index in [1.807, 2.05) is 11.8 Å². The van der Waals surface area contributed by atoms with Gasteiger partial charge in [0.15, 0.2) is 0 Å². The minimum Gasteiger partial charge on any atom is -0.351 e. The molecule has 1 aliphatic heterocycles. The molecule has 1 fully saturated rings. The molecule has 0 bridgehead atoms. The zero-order valence-corrected chi connectivity index (χ0v) is 9.03. The van der Waals surface area contributed by atoms with Crippen molar-refractivity contribution in [3.05, 3.63) is 18.1 Å². The summed E-state index contributed by atoms with van der Waals surface area (Å²) in [5, 5.41) is 3.24. The Morgan fingerprint density at radius 1 is 1.50 bits per heavy atom. The normalized spacial score (nSPS) is 21.5. The van der Waals surface area contributed by atoms with E-state index in [0.29, 0.717) is 5.82 Å². The van der Waals surface area contributed by atoms with Gasteiger partial charge in [0.2, 0.25) is 0 Å². The van der Waals surface area contributed by atoms with Crippen LogP contribution >= 0.6 is 0 Å². The van der Waals surface area contributed by atoms with Crippen molar-refractivity contribution in [2.75, 3.05) is 24.5 Å². The van der Waals surface area contributed by atoms with Crippen molar-refractivity contribution in [3.63, 3.8) is 0 Å². The molecule has 1 atom stereocenters. The number of hydrogen-bond donors (Lipinski definition) is 1. The topological polar surface area (TPSA) is 41.0 Å². The lowest BCUT2D eigenvalue weighted by Gasteiger charge is -2.34. The molecule has 16 heavy (non-hydrogen) atoms. The van der Waals surface area contributed by atoms with Gasteiger partial charge >= 0.3 is 0 Å². The first-order valence-corrected chi connectivity index (χ1v) is 5.26. The maximum atomic E-state index is 12.5. The highest BCUT2D eigenvalue weighted by Gasteiger charge is 2.20. The van der Waals surface area contributed by atoms with Crippen molar-refractivity contribution < 1.29 is 8.78 Å². The maximum Gasteiger partial charge on any atom is 0.280 e. The number of hydrogen-bond acceptors (Lipinski definition) is 4. The highest BCUT2D eigenvalue weighted by atomic mass is 19.3. The standard InChI is InChI=1S/C10H14F2N4/c1-7-5-13-2-3-16(7)9-4-8(10(11)12)14-6-15-9/h4,6-7,10,13H,2-3,5H2,1H3/t7-/m1/s1. The van der Waals surface area contributed by atoms with Crippen LogP contribution in [0.3, 0.4) is 0 Å². The highest BCUT2D eigenvalue weighted by molar-refractivity contribution is 5.41.